The number of fused-ring (bicyclic) bond motifs is 1. The van der Waals surface area contributed by atoms with Gasteiger partial charge in [-0.2, -0.15) is 15.0 Å². The molecule has 12 nitrogen and oxygen atoms in total. The van der Waals surface area contributed by atoms with Crippen LogP contribution in [0.4, 0.5) is 23.3 Å². The van der Waals surface area contributed by atoms with Crippen LogP contribution in [0, 0.1) is 0 Å². The molecular weight excluding hydrogens is 582 g/mol. The number of anilines is 4. The first kappa shape index (κ1) is 38.0. The zero-order valence-corrected chi connectivity index (χ0v) is 25.9. The molecule has 0 unspecified atom stereocenters. The third-order valence-corrected chi connectivity index (χ3v) is 7.79. The average Bonchev–Trinajstić information content (AvgIpc) is 2.99. The van der Waals surface area contributed by atoms with Gasteiger partial charge in [-0.15, -0.1) is 12.4 Å². The minimum atomic E-state index is -0.361. The second-order valence-corrected chi connectivity index (χ2v) is 10.5. The fraction of sp³-hybridized carbons (Fsp3) is 0.355. The summed E-state index contributed by atoms with van der Waals surface area (Å²) in [5, 5.41) is 18.4. The maximum Gasteiger partial charge on any atom is 0.259 e. The van der Waals surface area contributed by atoms with Crippen molar-refractivity contribution in [1.82, 2.24) is 33.4 Å². The number of phenolic OH excluding ortho intramolecular Hbond substituents is 1. The Kier molecular flexibility index (Phi) is 14.9. The zero-order chi connectivity index (χ0) is 26.6. The van der Waals surface area contributed by atoms with Gasteiger partial charge < -0.3 is 44.6 Å². The van der Waals surface area contributed by atoms with Gasteiger partial charge in [0.05, 0.1) is 5.56 Å². The van der Waals surface area contributed by atoms with E-state index in [-0.39, 0.29) is 59.3 Å². The lowest BCUT2D eigenvalue weighted by molar-refractivity contribution is 0.102. The van der Waals surface area contributed by atoms with Crippen molar-refractivity contribution >= 4 is 52.4 Å². The fourth-order valence-electron chi connectivity index (χ4n) is 5.62. The Bertz CT molecular complexity index is 1460. The second-order valence-electron chi connectivity index (χ2n) is 10.5. The molecule has 2 aliphatic rings. The minimum absolute atomic E-state index is 0. The second kappa shape index (κ2) is 17.3. The fourth-order valence-corrected chi connectivity index (χ4v) is 5.62. The summed E-state index contributed by atoms with van der Waals surface area (Å²) in [7, 11) is 0. The highest BCUT2D eigenvalue weighted by Gasteiger charge is 2.23. The SMILES string of the molecule is Cl.N.N.N.O.O=C(Nc1ccc(Nc2nc(C3CCCCC3)nc(N3CCCCC3)n2)cc1)c1ccc2ccccc2c1O.[HH].[HH].[HH].[HH]. The molecule has 1 saturated heterocycles. The van der Waals surface area contributed by atoms with Gasteiger partial charge in [0, 0.05) is 41.5 Å². The summed E-state index contributed by atoms with van der Waals surface area (Å²) in [5.74, 6) is 2.23. The van der Waals surface area contributed by atoms with Gasteiger partial charge in [-0.05, 0) is 67.8 Å². The lowest BCUT2D eigenvalue weighted by Crippen LogP contribution is -2.31. The molecule has 248 valence electrons. The van der Waals surface area contributed by atoms with Crippen molar-refractivity contribution in [1.29, 1.82) is 0 Å². The smallest absolute Gasteiger partial charge is 0.259 e. The van der Waals surface area contributed by atoms with Gasteiger partial charge >= 0.3 is 0 Å². The first-order chi connectivity index (χ1) is 19.1. The third-order valence-electron chi connectivity index (χ3n) is 7.79. The van der Waals surface area contributed by atoms with Crippen molar-refractivity contribution in [2.24, 2.45) is 0 Å². The number of aromatic hydroxyl groups is 1. The summed E-state index contributed by atoms with van der Waals surface area (Å²) in [5.41, 5.74) is 1.69. The van der Waals surface area contributed by atoms with E-state index in [1.807, 2.05) is 48.5 Å². The maximum atomic E-state index is 12.9. The molecule has 0 bridgehead atoms. The lowest BCUT2D eigenvalue weighted by Gasteiger charge is -2.28. The summed E-state index contributed by atoms with van der Waals surface area (Å²) in [4.78, 5) is 29.7. The Labute approximate surface area is 270 Å². The number of hydrogen-bond acceptors (Lipinski definition) is 10. The number of benzene rings is 3. The number of hydrogen-bond donors (Lipinski definition) is 6. The molecule has 14 N–H and O–H groups in total. The Morgan fingerprint density at radius 3 is 2.14 bits per heavy atom. The van der Waals surface area contributed by atoms with E-state index in [0.29, 0.717) is 22.9 Å². The topological polar surface area (TPSA) is 240 Å². The van der Waals surface area contributed by atoms with Crippen LogP contribution in [0.3, 0.4) is 0 Å². The number of nitrogens with zero attached hydrogens (tertiary/aromatic N) is 4. The molecule has 4 aromatic rings. The molecule has 1 saturated carbocycles. The third kappa shape index (κ3) is 8.52. The van der Waals surface area contributed by atoms with Gasteiger partial charge in [-0.25, -0.2) is 0 Å². The van der Waals surface area contributed by atoms with E-state index in [9.17, 15) is 9.90 Å². The number of carbonyl (C=O) groups is 1. The van der Waals surface area contributed by atoms with E-state index in [4.69, 9.17) is 15.0 Å². The van der Waals surface area contributed by atoms with Crippen molar-refractivity contribution < 1.29 is 21.1 Å². The van der Waals surface area contributed by atoms with Crippen LogP contribution in [0.15, 0.2) is 60.7 Å². The molecular formula is C31H54ClN9O3. The normalized spacial score (nSPS) is 14.4. The zero-order valence-electron chi connectivity index (χ0n) is 25.1. The van der Waals surface area contributed by atoms with Crippen LogP contribution in [0.1, 0.15) is 79.2 Å². The first-order valence-corrected chi connectivity index (χ1v) is 14.0. The summed E-state index contributed by atoms with van der Waals surface area (Å²) < 4.78 is 0. The molecule has 0 radical (unpaired) electrons. The van der Waals surface area contributed by atoms with Gasteiger partial charge in [0.2, 0.25) is 11.9 Å². The molecule has 1 amide bonds. The van der Waals surface area contributed by atoms with Crippen LogP contribution in [0.2, 0.25) is 0 Å². The van der Waals surface area contributed by atoms with Crippen LogP contribution in [0.25, 0.3) is 10.8 Å². The monoisotopic (exact) mass is 635 g/mol. The lowest BCUT2D eigenvalue weighted by atomic mass is 9.89. The van der Waals surface area contributed by atoms with Crippen molar-refractivity contribution in [2.75, 3.05) is 28.6 Å². The minimum Gasteiger partial charge on any atom is -0.506 e. The highest BCUT2D eigenvalue weighted by molar-refractivity contribution is 6.09. The molecule has 1 aliphatic heterocycles. The Balaban J connectivity index is -0.00000108. The summed E-state index contributed by atoms with van der Waals surface area (Å²) in [6, 6.07) is 18.4. The highest BCUT2D eigenvalue weighted by Crippen LogP contribution is 2.33. The highest BCUT2D eigenvalue weighted by atomic mass is 35.5. The van der Waals surface area contributed by atoms with Gasteiger partial charge in [0.25, 0.3) is 5.91 Å². The van der Waals surface area contributed by atoms with Crippen molar-refractivity contribution in [3.8, 4) is 5.75 Å². The molecule has 1 aliphatic carbocycles. The predicted octanol–water partition coefficient (Wildman–Crippen LogP) is 7.83. The Morgan fingerprint density at radius 1 is 0.795 bits per heavy atom. The molecule has 2 fully saturated rings. The van der Waals surface area contributed by atoms with Crippen LogP contribution in [-0.2, 0) is 0 Å². The summed E-state index contributed by atoms with van der Waals surface area (Å²) in [6.07, 6.45) is 9.58. The number of amides is 1. The van der Waals surface area contributed by atoms with E-state index in [1.54, 1.807) is 12.1 Å². The molecule has 0 spiro atoms. The number of rotatable bonds is 6. The van der Waals surface area contributed by atoms with Crippen LogP contribution in [0.5, 0.6) is 5.75 Å². The van der Waals surface area contributed by atoms with E-state index >= 15 is 0 Å². The predicted molar refractivity (Wildman–Crippen MR) is 189 cm³/mol. The average molecular weight is 636 g/mol. The number of carbonyl (C=O) groups excluding carboxylic acids is 1. The van der Waals surface area contributed by atoms with Crippen molar-refractivity contribution in [3.63, 3.8) is 0 Å². The van der Waals surface area contributed by atoms with Gasteiger partial charge in [-0.1, -0.05) is 49.6 Å². The molecule has 2 heterocycles. The first-order valence-electron chi connectivity index (χ1n) is 14.0. The van der Waals surface area contributed by atoms with Gasteiger partial charge in [-0.3, -0.25) is 4.79 Å². The van der Waals surface area contributed by atoms with E-state index < -0.39 is 0 Å². The van der Waals surface area contributed by atoms with Crippen LogP contribution in [-0.4, -0.2) is 44.5 Å². The number of halogens is 1. The van der Waals surface area contributed by atoms with Crippen LogP contribution >= 0.6 is 12.4 Å². The molecule has 3 aromatic carbocycles. The van der Waals surface area contributed by atoms with E-state index in [0.717, 1.165) is 61.6 Å². The van der Waals surface area contributed by atoms with Crippen LogP contribution < -0.4 is 34.0 Å². The van der Waals surface area contributed by atoms with Gasteiger partial charge in [0.15, 0.2) is 0 Å². The number of nitrogens with one attached hydrogen (secondary N) is 2. The Morgan fingerprint density at radius 2 is 1.43 bits per heavy atom. The number of aromatic nitrogens is 3. The molecule has 13 heteroatoms. The van der Waals surface area contributed by atoms with Crippen molar-refractivity contribution in [3.05, 3.63) is 72.1 Å². The number of phenols is 1. The number of piperidine rings is 1. The quantitative estimate of drug-likeness (QED) is 0.120. The van der Waals surface area contributed by atoms with Crippen molar-refractivity contribution in [2.45, 2.75) is 57.3 Å². The Hall–Kier alpha value is -4.07. The molecule has 6 rings (SSSR count). The standard InChI is InChI=1S/C31H34N6O2.ClH.3H3N.H2O.4H2/c38-27-25-12-6-5-9-21(25)13-18-26(27)29(39)32-23-14-16-24(17-15-23)33-30-34-28(22-10-3-1-4-11-22)35-31(36-30)37-19-7-2-8-20-37;;;;;;;;;/h5-6,9,12-18,22,38H,1-4,7-8,10-11,19-20H2,(H,32,39)(H,33,34,35,36);1H;3*1H3;1H2;4*1H. The maximum absolute atomic E-state index is 12.9. The molecule has 1 aromatic heterocycles. The summed E-state index contributed by atoms with van der Waals surface area (Å²) in [6.45, 7) is 1.96. The van der Waals surface area contributed by atoms with Gasteiger partial charge in [0.1, 0.15) is 11.6 Å². The molecule has 0 atom stereocenters. The largest absolute Gasteiger partial charge is 0.506 e. The summed E-state index contributed by atoms with van der Waals surface area (Å²) >= 11 is 0. The van der Waals surface area contributed by atoms with E-state index in [2.05, 4.69) is 15.5 Å². The molecule has 44 heavy (non-hydrogen) atoms. The van der Waals surface area contributed by atoms with E-state index in [1.165, 1.54) is 25.7 Å².